The van der Waals surface area contributed by atoms with E-state index in [0.29, 0.717) is 6.42 Å². The average Bonchev–Trinajstić information content (AvgIpc) is 3.81. The van der Waals surface area contributed by atoms with E-state index in [0.717, 1.165) is 63.4 Å². The normalized spacial score (nSPS) is 19.9. The Labute approximate surface area is 354 Å². The molecule has 2 aliphatic heterocycles. The molecule has 4 rings (SSSR count). The highest BCUT2D eigenvalue weighted by Gasteiger charge is 2.51. The first-order valence-electron chi connectivity index (χ1n) is 23.2. The van der Waals surface area contributed by atoms with Gasteiger partial charge < -0.3 is 24.1 Å². The summed E-state index contributed by atoms with van der Waals surface area (Å²) in [6.07, 6.45) is 23.9. The van der Waals surface area contributed by atoms with Gasteiger partial charge in [-0.2, -0.15) is 0 Å². The van der Waals surface area contributed by atoms with Crippen molar-refractivity contribution in [2.45, 2.75) is 218 Å². The Morgan fingerprint density at radius 3 is 1.91 bits per heavy atom. The molecule has 2 aromatic carbocycles. The quantitative estimate of drug-likeness (QED) is 0.0404. The maximum absolute atomic E-state index is 12.8. The molecule has 0 radical (unpaired) electrons. The van der Waals surface area contributed by atoms with Crippen LogP contribution in [0.3, 0.4) is 0 Å². The first-order chi connectivity index (χ1) is 28.0. The number of ether oxygens (including phenoxy) is 2. The van der Waals surface area contributed by atoms with E-state index >= 15 is 0 Å². The van der Waals surface area contributed by atoms with E-state index in [1.54, 1.807) is 0 Å². The lowest BCUT2D eigenvalue weighted by molar-refractivity contribution is -0.139. The van der Waals surface area contributed by atoms with Gasteiger partial charge in [-0.25, -0.2) is 4.79 Å². The van der Waals surface area contributed by atoms with Crippen molar-refractivity contribution in [3.63, 3.8) is 0 Å². The minimum Gasteiger partial charge on any atom is -0.455 e. The number of unbranched alkanes of at least 4 members (excludes halogenated alkanes) is 14. The smallest absolute Gasteiger partial charge is 0.334 e. The largest absolute Gasteiger partial charge is 0.455 e. The van der Waals surface area contributed by atoms with Crippen molar-refractivity contribution in [1.29, 1.82) is 0 Å². The fraction of sp³-hybridized carbons (Fsp3) is 0.667. The first kappa shape index (κ1) is 47.9. The van der Waals surface area contributed by atoms with Crippen molar-refractivity contribution in [3.8, 4) is 11.8 Å². The zero-order valence-electron chi connectivity index (χ0n) is 36.9. The van der Waals surface area contributed by atoms with Crippen LogP contribution in [0.1, 0.15) is 176 Å². The number of rotatable bonds is 27. The van der Waals surface area contributed by atoms with Crippen LogP contribution < -0.4 is 10.4 Å². The Morgan fingerprint density at radius 2 is 1.36 bits per heavy atom. The standard InChI is InChI=1S/C51H78O6Si/c1-6-7-8-9-10-11-12-13-14-15-16-17-18-22-29-43(52)40-48(53)49-37-36-44(56-49)30-23-19-24-31-45(39-42-38-41(2)55-50(42)54)57-58(51(3,4)5,46-32-25-20-26-33-46)47-34-27-21-28-35-47/h20-21,25-28,32-35,38,41,43-45,48-49,52-53H,6-19,23-24,30-31,36-37,39-40H2,1-5H3/t41-,43+,44+,45+,48-,49-/m0/s1. The number of cyclic esters (lactones) is 1. The van der Waals surface area contributed by atoms with Crippen molar-refractivity contribution in [2.24, 2.45) is 0 Å². The molecule has 2 aliphatic rings. The molecule has 2 aromatic rings. The van der Waals surface area contributed by atoms with E-state index < -0.39 is 20.5 Å². The van der Waals surface area contributed by atoms with Crippen molar-refractivity contribution in [3.05, 3.63) is 72.3 Å². The van der Waals surface area contributed by atoms with Crippen LogP contribution in [0.15, 0.2) is 72.3 Å². The molecule has 2 N–H and O–H groups in total. The van der Waals surface area contributed by atoms with E-state index in [-0.39, 0.29) is 41.8 Å². The van der Waals surface area contributed by atoms with Crippen molar-refractivity contribution >= 4 is 24.7 Å². The first-order valence-corrected chi connectivity index (χ1v) is 25.1. The number of aliphatic hydroxyl groups excluding tert-OH is 2. The van der Waals surface area contributed by atoms with E-state index in [2.05, 4.69) is 100 Å². The number of esters is 1. The van der Waals surface area contributed by atoms with Gasteiger partial charge in [0.05, 0.1) is 24.4 Å². The summed E-state index contributed by atoms with van der Waals surface area (Å²) in [4.78, 5) is 12.8. The molecule has 0 aliphatic carbocycles. The third kappa shape index (κ3) is 15.7. The summed E-state index contributed by atoms with van der Waals surface area (Å²) < 4.78 is 19.4. The minimum atomic E-state index is -2.82. The topological polar surface area (TPSA) is 85.2 Å². The van der Waals surface area contributed by atoms with Crippen LogP contribution in [0.25, 0.3) is 0 Å². The molecular weight excluding hydrogens is 737 g/mol. The second-order valence-corrected chi connectivity index (χ2v) is 22.5. The van der Waals surface area contributed by atoms with Crippen molar-refractivity contribution in [1.82, 2.24) is 0 Å². The van der Waals surface area contributed by atoms with E-state index in [1.807, 2.05) is 13.0 Å². The second kappa shape index (κ2) is 25.8. The third-order valence-corrected chi connectivity index (χ3v) is 17.3. The van der Waals surface area contributed by atoms with Gasteiger partial charge in [-0.3, -0.25) is 0 Å². The Balaban J connectivity index is 1.19. The number of carbonyl (C=O) groups is 1. The number of hydrogen-bond acceptors (Lipinski definition) is 6. The highest BCUT2D eigenvalue weighted by atomic mass is 28.4. The maximum atomic E-state index is 12.8. The number of hydrogen-bond donors (Lipinski definition) is 2. The van der Waals surface area contributed by atoms with Gasteiger partial charge in [0.15, 0.2) is 0 Å². The maximum Gasteiger partial charge on any atom is 0.334 e. The van der Waals surface area contributed by atoms with Crippen LogP contribution in [0.2, 0.25) is 5.04 Å². The molecule has 6 atom stereocenters. The molecule has 6 nitrogen and oxygen atoms in total. The van der Waals surface area contributed by atoms with Gasteiger partial charge in [-0.15, -0.1) is 5.92 Å². The van der Waals surface area contributed by atoms with Crippen LogP contribution >= 0.6 is 0 Å². The fourth-order valence-electron chi connectivity index (χ4n) is 9.00. The summed E-state index contributed by atoms with van der Waals surface area (Å²) >= 11 is 0. The van der Waals surface area contributed by atoms with Crippen LogP contribution in [-0.4, -0.2) is 61.1 Å². The fourth-order valence-corrected chi connectivity index (χ4v) is 13.7. The molecule has 58 heavy (non-hydrogen) atoms. The average molecular weight is 815 g/mol. The summed E-state index contributed by atoms with van der Waals surface area (Å²) in [6, 6.07) is 21.4. The Bertz CT molecular complexity index is 1490. The lowest BCUT2D eigenvalue weighted by atomic mass is 10.0. The highest BCUT2D eigenvalue weighted by molar-refractivity contribution is 6.99. The van der Waals surface area contributed by atoms with Gasteiger partial charge in [-0.05, 0) is 60.5 Å². The third-order valence-electron chi connectivity index (χ3n) is 12.2. The van der Waals surface area contributed by atoms with E-state index in [9.17, 15) is 15.0 Å². The van der Waals surface area contributed by atoms with Crippen LogP contribution in [0.4, 0.5) is 0 Å². The monoisotopic (exact) mass is 815 g/mol. The zero-order chi connectivity index (χ0) is 41.6. The van der Waals surface area contributed by atoms with Crippen LogP contribution in [0.5, 0.6) is 0 Å². The number of carbonyl (C=O) groups excluding carboxylic acids is 1. The number of aliphatic hydroxyl groups is 2. The van der Waals surface area contributed by atoms with Gasteiger partial charge in [0.1, 0.15) is 12.2 Å². The van der Waals surface area contributed by atoms with Gasteiger partial charge >= 0.3 is 5.97 Å². The molecule has 7 heteroatoms. The molecule has 1 saturated heterocycles. The molecule has 0 bridgehead atoms. The van der Waals surface area contributed by atoms with Gasteiger partial charge in [-0.1, -0.05) is 184 Å². The SMILES string of the molecule is CCCCCCCCCCCCCCC#C[C@@H](O)C[C@H](O)[C@@H]1CC[C@@H](CCCCC[C@H](CC2=C[C@H](C)OC2=O)O[Si](c2ccccc2)(c2ccccc2)C(C)(C)C)O1. The molecule has 2 heterocycles. The molecule has 0 aromatic heterocycles. The van der Waals surface area contributed by atoms with Crippen LogP contribution in [0, 0.1) is 11.8 Å². The predicted octanol–water partition coefficient (Wildman–Crippen LogP) is 10.9. The molecular formula is C51H78O6Si. The molecule has 0 spiro atoms. The molecule has 0 unspecified atom stereocenters. The zero-order valence-corrected chi connectivity index (χ0v) is 37.9. The summed E-state index contributed by atoms with van der Waals surface area (Å²) in [5.41, 5.74) is 0.718. The van der Waals surface area contributed by atoms with Crippen LogP contribution in [-0.2, 0) is 18.7 Å². The van der Waals surface area contributed by atoms with Gasteiger partial charge in [0.25, 0.3) is 8.32 Å². The van der Waals surface area contributed by atoms with Gasteiger partial charge in [0.2, 0.25) is 0 Å². The second-order valence-electron chi connectivity index (χ2n) is 18.2. The van der Waals surface area contributed by atoms with Gasteiger partial charge in [0, 0.05) is 24.8 Å². The Morgan fingerprint density at radius 1 is 0.793 bits per heavy atom. The summed E-state index contributed by atoms with van der Waals surface area (Å²) in [5, 5.41) is 23.7. The van der Waals surface area contributed by atoms with E-state index in [1.165, 1.54) is 81.0 Å². The van der Waals surface area contributed by atoms with Crippen molar-refractivity contribution in [2.75, 3.05) is 0 Å². The molecule has 0 amide bonds. The lowest BCUT2D eigenvalue weighted by Gasteiger charge is -2.45. The Hall–Kier alpha value is -2.73. The molecule has 0 saturated carbocycles. The summed E-state index contributed by atoms with van der Waals surface area (Å²) in [7, 11) is -2.82. The van der Waals surface area contributed by atoms with Crippen molar-refractivity contribution < 1.29 is 28.9 Å². The summed E-state index contributed by atoms with van der Waals surface area (Å²) in [6.45, 7) is 11.1. The molecule has 1 fully saturated rings. The highest BCUT2D eigenvalue weighted by Crippen LogP contribution is 2.39. The lowest BCUT2D eigenvalue weighted by Crippen LogP contribution is -2.67. The predicted molar refractivity (Wildman–Crippen MR) is 242 cm³/mol. The Kier molecular flexibility index (Phi) is 21.3. The molecule has 322 valence electrons. The summed E-state index contributed by atoms with van der Waals surface area (Å²) in [5.74, 6) is 5.89. The minimum absolute atomic E-state index is 0.123. The number of benzene rings is 2. The van der Waals surface area contributed by atoms with E-state index in [4.69, 9.17) is 13.9 Å².